The lowest BCUT2D eigenvalue weighted by Gasteiger charge is -2.29. The molecule has 0 spiro atoms. The van der Waals surface area contributed by atoms with Crippen molar-refractivity contribution in [2.75, 3.05) is 28.6 Å². The van der Waals surface area contributed by atoms with Crippen LogP contribution in [-0.2, 0) is 16.0 Å². The summed E-state index contributed by atoms with van der Waals surface area (Å²) >= 11 is 0. The molecule has 2 aliphatic rings. The fourth-order valence-corrected chi connectivity index (χ4v) is 3.60. The Morgan fingerprint density at radius 1 is 1.07 bits per heavy atom. The van der Waals surface area contributed by atoms with Gasteiger partial charge in [0.15, 0.2) is 0 Å². The summed E-state index contributed by atoms with van der Waals surface area (Å²) < 4.78 is 0. The highest BCUT2D eigenvalue weighted by molar-refractivity contribution is 5.98. The minimum atomic E-state index is 0.0639. The molecule has 0 radical (unpaired) electrons. The molecule has 2 aromatic carbocycles. The monoisotopic (exact) mass is 363 g/mol. The average Bonchev–Trinajstić information content (AvgIpc) is 3.53. The first-order chi connectivity index (χ1) is 13.1. The molecule has 1 heterocycles. The number of aryl methyl sites for hydroxylation is 1. The van der Waals surface area contributed by atoms with E-state index in [-0.39, 0.29) is 24.3 Å². The molecule has 5 nitrogen and oxygen atoms in total. The standard InChI is InChI=1S/C22H25N3O2/c1-15-18(8-4-9-19(15)24-22(27)17-11-12-17)23-14-21(26)25-13-5-7-16-6-2-3-10-20(16)25/h2-4,6,8-10,17,23H,5,7,11-14H2,1H3,(H,24,27). The molecule has 2 N–H and O–H groups in total. The topological polar surface area (TPSA) is 61.4 Å². The summed E-state index contributed by atoms with van der Waals surface area (Å²) in [6, 6.07) is 13.9. The Labute approximate surface area is 159 Å². The fourth-order valence-electron chi connectivity index (χ4n) is 3.60. The Bertz CT molecular complexity index is 874. The van der Waals surface area contributed by atoms with Gasteiger partial charge in [-0.05, 0) is 61.9 Å². The Morgan fingerprint density at radius 3 is 2.67 bits per heavy atom. The third-order valence-electron chi connectivity index (χ3n) is 5.38. The van der Waals surface area contributed by atoms with Gasteiger partial charge in [0.1, 0.15) is 0 Å². The van der Waals surface area contributed by atoms with Crippen LogP contribution in [0.3, 0.4) is 0 Å². The third-order valence-corrected chi connectivity index (χ3v) is 5.38. The molecule has 5 heteroatoms. The Kier molecular flexibility index (Phi) is 4.84. The second kappa shape index (κ2) is 7.43. The zero-order valence-electron chi connectivity index (χ0n) is 15.6. The van der Waals surface area contributed by atoms with E-state index in [0.29, 0.717) is 0 Å². The third kappa shape index (κ3) is 3.82. The van der Waals surface area contributed by atoms with Gasteiger partial charge in [-0.1, -0.05) is 24.3 Å². The summed E-state index contributed by atoms with van der Waals surface area (Å²) in [5.74, 6) is 0.326. The molecular formula is C22H25N3O2. The average molecular weight is 363 g/mol. The summed E-state index contributed by atoms with van der Waals surface area (Å²) in [7, 11) is 0. The van der Waals surface area contributed by atoms with E-state index in [1.807, 2.05) is 48.2 Å². The van der Waals surface area contributed by atoms with Gasteiger partial charge >= 0.3 is 0 Å². The molecule has 0 aromatic heterocycles. The highest BCUT2D eigenvalue weighted by Crippen LogP contribution is 2.32. The molecule has 1 aliphatic heterocycles. The quantitative estimate of drug-likeness (QED) is 0.851. The molecule has 2 amide bonds. The maximum absolute atomic E-state index is 12.8. The van der Waals surface area contributed by atoms with Crippen LogP contribution in [0.4, 0.5) is 17.1 Å². The van der Waals surface area contributed by atoms with Gasteiger partial charge in [0, 0.05) is 29.5 Å². The van der Waals surface area contributed by atoms with Crippen LogP contribution in [-0.4, -0.2) is 24.9 Å². The van der Waals surface area contributed by atoms with Crippen LogP contribution in [0, 0.1) is 12.8 Å². The number of hydrogen-bond acceptors (Lipinski definition) is 3. The van der Waals surface area contributed by atoms with E-state index >= 15 is 0 Å². The van der Waals surface area contributed by atoms with Crippen molar-refractivity contribution in [3.05, 3.63) is 53.6 Å². The summed E-state index contributed by atoms with van der Waals surface area (Å²) in [6.45, 7) is 2.95. The molecule has 1 saturated carbocycles. The van der Waals surface area contributed by atoms with Crippen molar-refractivity contribution in [1.29, 1.82) is 0 Å². The summed E-state index contributed by atoms with van der Waals surface area (Å²) in [5, 5.41) is 6.26. The number of anilines is 3. The van der Waals surface area contributed by atoms with E-state index in [4.69, 9.17) is 0 Å². The van der Waals surface area contributed by atoms with E-state index in [2.05, 4.69) is 16.7 Å². The number of rotatable bonds is 5. The van der Waals surface area contributed by atoms with Gasteiger partial charge in [-0.25, -0.2) is 0 Å². The lowest BCUT2D eigenvalue weighted by molar-refractivity contribution is -0.118. The Balaban J connectivity index is 1.43. The zero-order valence-corrected chi connectivity index (χ0v) is 15.6. The van der Waals surface area contributed by atoms with E-state index < -0.39 is 0 Å². The van der Waals surface area contributed by atoms with Gasteiger partial charge in [0.2, 0.25) is 11.8 Å². The number of para-hydroxylation sites is 1. The number of hydrogen-bond donors (Lipinski definition) is 2. The molecule has 140 valence electrons. The first-order valence-electron chi connectivity index (χ1n) is 9.66. The van der Waals surface area contributed by atoms with Crippen LogP contribution in [0.2, 0.25) is 0 Å². The van der Waals surface area contributed by atoms with E-state index in [0.717, 1.165) is 54.9 Å². The van der Waals surface area contributed by atoms with Gasteiger partial charge < -0.3 is 15.5 Å². The molecule has 0 saturated heterocycles. The van der Waals surface area contributed by atoms with Crippen LogP contribution < -0.4 is 15.5 Å². The van der Waals surface area contributed by atoms with Crippen LogP contribution >= 0.6 is 0 Å². The van der Waals surface area contributed by atoms with Crippen molar-refractivity contribution in [3.63, 3.8) is 0 Å². The lowest BCUT2D eigenvalue weighted by atomic mass is 10.0. The number of carbonyl (C=O) groups excluding carboxylic acids is 2. The lowest BCUT2D eigenvalue weighted by Crippen LogP contribution is -2.39. The van der Waals surface area contributed by atoms with Gasteiger partial charge in [-0.2, -0.15) is 0 Å². The van der Waals surface area contributed by atoms with Gasteiger partial charge in [-0.15, -0.1) is 0 Å². The van der Waals surface area contributed by atoms with E-state index in [9.17, 15) is 9.59 Å². The number of nitrogens with zero attached hydrogens (tertiary/aromatic N) is 1. The van der Waals surface area contributed by atoms with Crippen molar-refractivity contribution < 1.29 is 9.59 Å². The first kappa shape index (κ1) is 17.6. The minimum absolute atomic E-state index is 0.0639. The van der Waals surface area contributed by atoms with Crippen molar-refractivity contribution >= 4 is 28.9 Å². The maximum Gasteiger partial charge on any atom is 0.246 e. The summed E-state index contributed by atoms with van der Waals surface area (Å²) in [6.07, 6.45) is 3.98. The molecule has 2 aromatic rings. The van der Waals surface area contributed by atoms with E-state index in [1.54, 1.807) is 0 Å². The van der Waals surface area contributed by atoms with Gasteiger partial charge in [-0.3, -0.25) is 9.59 Å². The van der Waals surface area contributed by atoms with Crippen molar-refractivity contribution in [3.8, 4) is 0 Å². The van der Waals surface area contributed by atoms with Crippen molar-refractivity contribution in [2.24, 2.45) is 5.92 Å². The SMILES string of the molecule is Cc1c(NCC(=O)N2CCCc3ccccc32)cccc1NC(=O)C1CC1. The number of nitrogens with one attached hydrogen (secondary N) is 2. The molecular weight excluding hydrogens is 338 g/mol. The molecule has 0 bridgehead atoms. The van der Waals surface area contributed by atoms with Crippen LogP contribution in [0.25, 0.3) is 0 Å². The Morgan fingerprint density at radius 2 is 1.85 bits per heavy atom. The zero-order chi connectivity index (χ0) is 18.8. The summed E-state index contributed by atoms with van der Waals surface area (Å²) in [5.41, 5.74) is 4.91. The van der Waals surface area contributed by atoms with Gasteiger partial charge in [0.25, 0.3) is 0 Å². The number of carbonyl (C=O) groups is 2. The summed E-state index contributed by atoms with van der Waals surface area (Å²) in [4.78, 5) is 26.7. The normalized spacial score (nSPS) is 15.8. The molecule has 0 atom stereocenters. The largest absolute Gasteiger partial charge is 0.376 e. The smallest absolute Gasteiger partial charge is 0.246 e. The highest BCUT2D eigenvalue weighted by atomic mass is 16.2. The number of fused-ring (bicyclic) bond motifs is 1. The maximum atomic E-state index is 12.8. The predicted molar refractivity (Wildman–Crippen MR) is 108 cm³/mol. The molecule has 0 unspecified atom stereocenters. The van der Waals surface area contributed by atoms with Crippen molar-refractivity contribution in [1.82, 2.24) is 0 Å². The number of amides is 2. The van der Waals surface area contributed by atoms with Crippen LogP contribution in [0.1, 0.15) is 30.4 Å². The molecule has 1 fully saturated rings. The van der Waals surface area contributed by atoms with Crippen LogP contribution in [0.15, 0.2) is 42.5 Å². The fraction of sp³-hybridized carbons (Fsp3) is 0.364. The second-order valence-corrected chi connectivity index (χ2v) is 7.37. The minimum Gasteiger partial charge on any atom is -0.376 e. The Hall–Kier alpha value is -2.82. The predicted octanol–water partition coefficient (Wildman–Crippen LogP) is 3.73. The first-order valence-corrected chi connectivity index (χ1v) is 9.66. The molecule has 27 heavy (non-hydrogen) atoms. The number of benzene rings is 2. The highest BCUT2D eigenvalue weighted by Gasteiger charge is 2.30. The van der Waals surface area contributed by atoms with Crippen molar-refractivity contribution in [2.45, 2.75) is 32.6 Å². The van der Waals surface area contributed by atoms with E-state index in [1.165, 1.54) is 5.56 Å². The van der Waals surface area contributed by atoms with Crippen LogP contribution in [0.5, 0.6) is 0 Å². The second-order valence-electron chi connectivity index (χ2n) is 7.37. The van der Waals surface area contributed by atoms with Gasteiger partial charge in [0.05, 0.1) is 6.54 Å². The molecule has 1 aliphatic carbocycles. The molecule has 4 rings (SSSR count).